The van der Waals surface area contributed by atoms with E-state index in [-0.39, 0.29) is 5.82 Å². The standard InChI is InChI=1S/C13H16FN5S/c14-10-5-9(6-11(15)7-10)8-20-13-16-17-18-19(13)12-3-1-2-4-12/h5-7,12H,1-4,8,15H2. The Morgan fingerprint density at radius 3 is 2.85 bits per heavy atom. The number of nitrogens with zero attached hydrogens (tertiary/aromatic N) is 4. The summed E-state index contributed by atoms with van der Waals surface area (Å²) < 4.78 is 15.2. The lowest BCUT2D eigenvalue weighted by atomic mass is 10.2. The number of nitrogen functional groups attached to an aromatic ring is 1. The summed E-state index contributed by atoms with van der Waals surface area (Å²) in [5.41, 5.74) is 6.92. The average Bonchev–Trinajstić information content (AvgIpc) is 3.06. The van der Waals surface area contributed by atoms with Gasteiger partial charge in [-0.2, -0.15) is 0 Å². The fraction of sp³-hybridized carbons (Fsp3) is 0.462. The molecule has 106 valence electrons. The van der Waals surface area contributed by atoms with E-state index in [9.17, 15) is 4.39 Å². The van der Waals surface area contributed by atoms with Gasteiger partial charge in [-0.05, 0) is 47.0 Å². The Hall–Kier alpha value is -1.63. The van der Waals surface area contributed by atoms with E-state index in [1.165, 1.54) is 36.7 Å². The van der Waals surface area contributed by atoms with E-state index in [2.05, 4.69) is 15.5 Å². The van der Waals surface area contributed by atoms with Gasteiger partial charge in [0.1, 0.15) is 5.82 Å². The van der Waals surface area contributed by atoms with Crippen LogP contribution in [-0.2, 0) is 5.75 Å². The summed E-state index contributed by atoms with van der Waals surface area (Å²) in [7, 11) is 0. The minimum atomic E-state index is -0.309. The predicted octanol–water partition coefficient (Wildman–Crippen LogP) is 2.80. The first-order chi connectivity index (χ1) is 9.72. The fourth-order valence-electron chi connectivity index (χ4n) is 2.57. The second kappa shape index (κ2) is 5.78. The normalized spacial score (nSPS) is 15.8. The van der Waals surface area contributed by atoms with Crippen molar-refractivity contribution in [2.24, 2.45) is 0 Å². The highest BCUT2D eigenvalue weighted by Gasteiger charge is 2.21. The lowest BCUT2D eigenvalue weighted by Gasteiger charge is -2.10. The molecule has 0 amide bonds. The van der Waals surface area contributed by atoms with Gasteiger partial charge in [0.25, 0.3) is 0 Å². The van der Waals surface area contributed by atoms with Crippen LogP contribution in [-0.4, -0.2) is 20.2 Å². The van der Waals surface area contributed by atoms with Gasteiger partial charge in [-0.25, -0.2) is 9.07 Å². The predicted molar refractivity (Wildman–Crippen MR) is 75.7 cm³/mol. The molecule has 0 spiro atoms. The third-order valence-corrected chi connectivity index (χ3v) is 4.49. The van der Waals surface area contributed by atoms with Gasteiger partial charge < -0.3 is 5.73 Å². The Labute approximate surface area is 120 Å². The number of rotatable bonds is 4. The highest BCUT2D eigenvalue weighted by atomic mass is 32.2. The largest absolute Gasteiger partial charge is 0.399 e. The minimum Gasteiger partial charge on any atom is -0.399 e. The summed E-state index contributed by atoms with van der Waals surface area (Å²) in [5, 5.41) is 12.7. The van der Waals surface area contributed by atoms with Crippen LogP contribution in [0.4, 0.5) is 10.1 Å². The molecule has 1 aliphatic rings. The quantitative estimate of drug-likeness (QED) is 0.693. The van der Waals surface area contributed by atoms with Gasteiger partial charge in [0, 0.05) is 11.4 Å². The summed E-state index contributed by atoms with van der Waals surface area (Å²) in [6.45, 7) is 0. The van der Waals surface area contributed by atoms with Gasteiger partial charge in [0.15, 0.2) is 0 Å². The number of aromatic nitrogens is 4. The van der Waals surface area contributed by atoms with Crippen molar-refractivity contribution in [1.82, 2.24) is 20.2 Å². The summed E-state index contributed by atoms with van der Waals surface area (Å²) in [5.74, 6) is 0.297. The Morgan fingerprint density at radius 2 is 2.10 bits per heavy atom. The molecule has 1 aliphatic carbocycles. The van der Waals surface area contributed by atoms with Crippen molar-refractivity contribution < 1.29 is 4.39 Å². The Bertz CT molecular complexity index is 574. The molecule has 1 heterocycles. The van der Waals surface area contributed by atoms with Gasteiger partial charge in [-0.3, -0.25) is 0 Å². The van der Waals surface area contributed by atoms with E-state index in [1.807, 2.05) is 4.68 Å². The third kappa shape index (κ3) is 2.92. The number of thioether (sulfide) groups is 1. The molecule has 0 unspecified atom stereocenters. The number of hydrogen-bond acceptors (Lipinski definition) is 5. The van der Waals surface area contributed by atoms with E-state index in [4.69, 9.17) is 5.73 Å². The van der Waals surface area contributed by atoms with Gasteiger partial charge in [-0.1, -0.05) is 24.6 Å². The molecule has 0 bridgehead atoms. The molecule has 0 saturated heterocycles. The zero-order valence-corrected chi connectivity index (χ0v) is 11.8. The Balaban J connectivity index is 1.70. The molecule has 2 aromatic rings. The molecular weight excluding hydrogens is 277 g/mol. The monoisotopic (exact) mass is 293 g/mol. The first-order valence-electron chi connectivity index (χ1n) is 6.68. The van der Waals surface area contributed by atoms with Crippen LogP contribution in [0.3, 0.4) is 0 Å². The van der Waals surface area contributed by atoms with Crippen molar-refractivity contribution in [3.8, 4) is 0 Å². The summed E-state index contributed by atoms with van der Waals surface area (Å²) >= 11 is 1.52. The minimum absolute atomic E-state index is 0.309. The highest BCUT2D eigenvalue weighted by Crippen LogP contribution is 2.32. The number of tetrazole rings is 1. The first-order valence-corrected chi connectivity index (χ1v) is 7.66. The molecule has 0 atom stereocenters. The van der Waals surface area contributed by atoms with Crippen LogP contribution < -0.4 is 5.73 Å². The molecule has 1 aromatic carbocycles. The lowest BCUT2D eigenvalue weighted by molar-refractivity contribution is 0.423. The molecule has 1 fully saturated rings. The topological polar surface area (TPSA) is 69.6 Å². The van der Waals surface area contributed by atoms with Crippen molar-refractivity contribution >= 4 is 17.4 Å². The molecule has 1 aromatic heterocycles. The van der Waals surface area contributed by atoms with Gasteiger partial charge in [-0.15, -0.1) is 5.10 Å². The maximum absolute atomic E-state index is 13.3. The molecule has 1 saturated carbocycles. The second-order valence-electron chi connectivity index (χ2n) is 5.03. The summed E-state index contributed by atoms with van der Waals surface area (Å²) in [4.78, 5) is 0. The molecule has 0 radical (unpaired) electrons. The van der Waals surface area contributed by atoms with Gasteiger partial charge in [0.05, 0.1) is 6.04 Å². The van der Waals surface area contributed by atoms with Crippen LogP contribution in [0.15, 0.2) is 23.4 Å². The Morgan fingerprint density at radius 1 is 1.30 bits per heavy atom. The van der Waals surface area contributed by atoms with E-state index in [0.717, 1.165) is 23.6 Å². The smallest absolute Gasteiger partial charge is 0.209 e. The molecule has 7 heteroatoms. The molecule has 0 aliphatic heterocycles. The van der Waals surface area contributed by atoms with Gasteiger partial charge >= 0.3 is 0 Å². The summed E-state index contributed by atoms with van der Waals surface area (Å²) in [6, 6.07) is 4.99. The SMILES string of the molecule is Nc1cc(F)cc(CSc2nnnn2C2CCCC2)c1. The lowest BCUT2D eigenvalue weighted by Crippen LogP contribution is -2.08. The van der Waals surface area contributed by atoms with Crippen molar-refractivity contribution in [1.29, 1.82) is 0 Å². The van der Waals surface area contributed by atoms with Gasteiger partial charge in [0.2, 0.25) is 5.16 Å². The highest BCUT2D eigenvalue weighted by molar-refractivity contribution is 7.98. The van der Waals surface area contributed by atoms with Crippen LogP contribution in [0.2, 0.25) is 0 Å². The third-order valence-electron chi connectivity index (χ3n) is 3.48. The number of benzene rings is 1. The van der Waals surface area contributed by atoms with Crippen molar-refractivity contribution in [3.63, 3.8) is 0 Å². The molecule has 20 heavy (non-hydrogen) atoms. The number of nitrogens with two attached hydrogens (primary N) is 1. The van der Waals surface area contributed by atoms with Crippen molar-refractivity contribution in [2.75, 3.05) is 5.73 Å². The fourth-order valence-corrected chi connectivity index (χ4v) is 3.44. The molecule has 2 N–H and O–H groups in total. The van der Waals surface area contributed by atoms with E-state index < -0.39 is 0 Å². The number of hydrogen-bond donors (Lipinski definition) is 1. The van der Waals surface area contributed by atoms with Crippen LogP contribution in [0.25, 0.3) is 0 Å². The van der Waals surface area contributed by atoms with Crippen LogP contribution >= 0.6 is 11.8 Å². The number of anilines is 1. The zero-order valence-electron chi connectivity index (χ0n) is 11.0. The maximum Gasteiger partial charge on any atom is 0.209 e. The maximum atomic E-state index is 13.3. The van der Waals surface area contributed by atoms with Crippen molar-refractivity contribution in [2.45, 2.75) is 42.6 Å². The van der Waals surface area contributed by atoms with Crippen LogP contribution in [0, 0.1) is 5.82 Å². The van der Waals surface area contributed by atoms with E-state index >= 15 is 0 Å². The number of halogens is 1. The van der Waals surface area contributed by atoms with Crippen molar-refractivity contribution in [3.05, 3.63) is 29.6 Å². The Kier molecular flexibility index (Phi) is 3.86. The molecule has 5 nitrogen and oxygen atoms in total. The second-order valence-corrected chi connectivity index (χ2v) is 5.97. The molecule has 3 rings (SSSR count). The van der Waals surface area contributed by atoms with E-state index in [0.29, 0.717) is 17.5 Å². The van der Waals surface area contributed by atoms with Crippen LogP contribution in [0.5, 0.6) is 0 Å². The molecular formula is C13H16FN5S. The first kappa shape index (κ1) is 13.4. The average molecular weight is 293 g/mol. The van der Waals surface area contributed by atoms with E-state index in [1.54, 1.807) is 6.07 Å². The summed E-state index contributed by atoms with van der Waals surface area (Å²) in [6.07, 6.45) is 4.72. The zero-order chi connectivity index (χ0) is 13.9. The van der Waals surface area contributed by atoms with Crippen LogP contribution in [0.1, 0.15) is 37.3 Å².